The Morgan fingerprint density at radius 3 is 1.50 bits per heavy atom. The third kappa shape index (κ3) is 22.3. The van der Waals surface area contributed by atoms with E-state index in [-0.39, 0.29) is 5.96 Å². The lowest BCUT2D eigenvalue weighted by Gasteiger charge is -2.03. The fourth-order valence-corrected chi connectivity index (χ4v) is 3.30. The number of guanidine groups is 1. The first-order valence-electron chi connectivity index (χ1n) is 11.9. The summed E-state index contributed by atoms with van der Waals surface area (Å²) in [5.74, 6) is -0.564. The van der Waals surface area contributed by atoms with Gasteiger partial charge in [0, 0.05) is 6.42 Å². The van der Waals surface area contributed by atoms with E-state index >= 15 is 0 Å². The predicted molar refractivity (Wildman–Crippen MR) is 129 cm³/mol. The quantitative estimate of drug-likeness (QED) is 0.145. The first-order chi connectivity index (χ1) is 14.6. The van der Waals surface area contributed by atoms with E-state index < -0.39 is 5.97 Å². The molecule has 0 unspecified atom stereocenters. The van der Waals surface area contributed by atoms with Crippen molar-refractivity contribution in [2.75, 3.05) is 0 Å². The Kier molecular flexibility index (Phi) is 20.2. The summed E-state index contributed by atoms with van der Waals surface area (Å²) in [6.45, 7) is 2.27. The topological polar surface area (TPSA) is 102 Å². The number of para-hydroxylation sites is 1. The molecule has 0 spiro atoms. The second-order valence-corrected chi connectivity index (χ2v) is 7.97. The first-order valence-corrected chi connectivity index (χ1v) is 11.9. The van der Waals surface area contributed by atoms with Crippen molar-refractivity contribution in [3.8, 4) is 0 Å². The van der Waals surface area contributed by atoms with E-state index in [9.17, 15) is 4.79 Å². The standard InChI is InChI=1S/C18H36O2.C7H9N3/c1-2-3-4-5-6-7-8-9-10-11-12-13-14-15-16-17-18(19)20;8-7(9)10-6-4-2-1-3-5-6/h2-17H2,1H3,(H,19,20);1-5H,(H4,8,9,10). The van der Waals surface area contributed by atoms with E-state index in [1.165, 1.54) is 83.5 Å². The molecule has 0 heterocycles. The summed E-state index contributed by atoms with van der Waals surface area (Å²) >= 11 is 0. The average molecular weight is 420 g/mol. The lowest BCUT2D eigenvalue weighted by molar-refractivity contribution is -0.137. The Morgan fingerprint density at radius 1 is 0.733 bits per heavy atom. The van der Waals surface area contributed by atoms with Crippen LogP contribution >= 0.6 is 0 Å². The minimum Gasteiger partial charge on any atom is -0.481 e. The van der Waals surface area contributed by atoms with E-state index in [0.29, 0.717) is 6.42 Å². The van der Waals surface area contributed by atoms with Gasteiger partial charge in [0.2, 0.25) is 0 Å². The van der Waals surface area contributed by atoms with Crippen LogP contribution in [0.1, 0.15) is 110 Å². The molecule has 5 nitrogen and oxygen atoms in total. The fourth-order valence-electron chi connectivity index (χ4n) is 3.30. The molecule has 0 aliphatic heterocycles. The van der Waals surface area contributed by atoms with Gasteiger partial charge < -0.3 is 16.6 Å². The largest absolute Gasteiger partial charge is 0.481 e. The Balaban J connectivity index is 0.000000696. The maximum absolute atomic E-state index is 10.3. The maximum Gasteiger partial charge on any atom is 0.303 e. The van der Waals surface area contributed by atoms with Gasteiger partial charge in [-0.1, -0.05) is 115 Å². The molecule has 30 heavy (non-hydrogen) atoms. The summed E-state index contributed by atoms with van der Waals surface area (Å²) in [5.41, 5.74) is 11.1. The van der Waals surface area contributed by atoms with Gasteiger partial charge in [-0.2, -0.15) is 0 Å². The molecule has 0 saturated carbocycles. The van der Waals surface area contributed by atoms with Crippen molar-refractivity contribution < 1.29 is 9.90 Å². The highest BCUT2D eigenvalue weighted by Crippen LogP contribution is 2.13. The van der Waals surface area contributed by atoms with Gasteiger partial charge in [-0.3, -0.25) is 4.79 Å². The fraction of sp³-hybridized carbons (Fsp3) is 0.680. The van der Waals surface area contributed by atoms with Crippen molar-refractivity contribution in [1.29, 1.82) is 0 Å². The molecule has 0 atom stereocenters. The number of carboxylic acid groups (broad SMARTS) is 1. The molecule has 1 aromatic carbocycles. The summed E-state index contributed by atoms with van der Waals surface area (Å²) in [7, 11) is 0. The molecule has 0 fully saturated rings. The second-order valence-electron chi connectivity index (χ2n) is 7.97. The molecule has 0 bridgehead atoms. The van der Waals surface area contributed by atoms with Gasteiger partial charge in [0.25, 0.3) is 0 Å². The Morgan fingerprint density at radius 2 is 1.13 bits per heavy atom. The van der Waals surface area contributed by atoms with Crippen LogP contribution in [0.2, 0.25) is 0 Å². The minimum atomic E-state index is -0.653. The van der Waals surface area contributed by atoms with Gasteiger partial charge in [0.1, 0.15) is 0 Å². The maximum atomic E-state index is 10.3. The van der Waals surface area contributed by atoms with Crippen LogP contribution in [0.5, 0.6) is 0 Å². The van der Waals surface area contributed by atoms with Gasteiger partial charge in [-0.15, -0.1) is 0 Å². The van der Waals surface area contributed by atoms with Gasteiger partial charge >= 0.3 is 5.97 Å². The number of aliphatic imine (C=N–C) groups is 1. The number of aliphatic carboxylic acids is 1. The molecule has 0 aromatic heterocycles. The van der Waals surface area contributed by atoms with E-state index in [1.807, 2.05) is 30.3 Å². The van der Waals surface area contributed by atoms with Crippen molar-refractivity contribution >= 4 is 17.6 Å². The third-order valence-electron chi connectivity index (χ3n) is 5.01. The van der Waals surface area contributed by atoms with Crippen LogP contribution in [-0.4, -0.2) is 17.0 Å². The number of carbonyl (C=O) groups is 1. The van der Waals surface area contributed by atoms with Crippen LogP contribution in [0.25, 0.3) is 0 Å². The SMILES string of the molecule is CCCCCCCCCCCCCCCCCC(=O)O.NC(N)=Nc1ccccc1. The van der Waals surface area contributed by atoms with Crippen molar-refractivity contribution in [2.45, 2.75) is 110 Å². The monoisotopic (exact) mass is 419 g/mol. The van der Waals surface area contributed by atoms with E-state index in [0.717, 1.165) is 18.5 Å². The van der Waals surface area contributed by atoms with Crippen LogP contribution in [0.3, 0.4) is 0 Å². The first kappa shape index (κ1) is 28.0. The Labute approximate surface area is 184 Å². The number of rotatable bonds is 17. The van der Waals surface area contributed by atoms with Crippen molar-refractivity contribution in [2.24, 2.45) is 16.5 Å². The minimum absolute atomic E-state index is 0.0891. The zero-order chi connectivity index (χ0) is 22.3. The van der Waals surface area contributed by atoms with Crippen molar-refractivity contribution in [1.82, 2.24) is 0 Å². The van der Waals surface area contributed by atoms with Crippen LogP contribution in [0.15, 0.2) is 35.3 Å². The highest BCUT2D eigenvalue weighted by Gasteiger charge is 1.97. The number of nitrogens with zero attached hydrogens (tertiary/aromatic N) is 1. The molecular formula is C25H45N3O2. The highest BCUT2D eigenvalue weighted by atomic mass is 16.4. The van der Waals surface area contributed by atoms with E-state index in [4.69, 9.17) is 16.6 Å². The van der Waals surface area contributed by atoms with Gasteiger partial charge in [0.05, 0.1) is 5.69 Å². The number of carboxylic acids is 1. The molecular weight excluding hydrogens is 374 g/mol. The van der Waals surface area contributed by atoms with Gasteiger partial charge in [0.15, 0.2) is 5.96 Å². The van der Waals surface area contributed by atoms with E-state index in [1.54, 1.807) is 0 Å². The zero-order valence-electron chi connectivity index (χ0n) is 19.2. The number of hydrogen-bond acceptors (Lipinski definition) is 2. The Hall–Kier alpha value is -2.04. The lowest BCUT2D eigenvalue weighted by Crippen LogP contribution is -2.21. The molecule has 5 heteroatoms. The smallest absolute Gasteiger partial charge is 0.303 e. The number of nitrogens with two attached hydrogens (primary N) is 2. The third-order valence-corrected chi connectivity index (χ3v) is 5.01. The molecule has 172 valence electrons. The van der Waals surface area contributed by atoms with Crippen LogP contribution < -0.4 is 11.5 Å². The van der Waals surface area contributed by atoms with E-state index in [2.05, 4.69) is 11.9 Å². The van der Waals surface area contributed by atoms with Crippen molar-refractivity contribution in [3.63, 3.8) is 0 Å². The average Bonchev–Trinajstić information content (AvgIpc) is 2.71. The van der Waals surface area contributed by atoms with Gasteiger partial charge in [-0.25, -0.2) is 4.99 Å². The molecule has 1 aromatic rings. The van der Waals surface area contributed by atoms with Crippen LogP contribution in [-0.2, 0) is 4.79 Å². The zero-order valence-corrected chi connectivity index (χ0v) is 19.2. The number of benzene rings is 1. The van der Waals surface area contributed by atoms with Gasteiger partial charge in [-0.05, 0) is 18.6 Å². The molecule has 5 N–H and O–H groups in total. The second kappa shape index (κ2) is 21.7. The normalized spacial score (nSPS) is 10.2. The molecule has 0 amide bonds. The van der Waals surface area contributed by atoms with Crippen LogP contribution in [0.4, 0.5) is 5.69 Å². The van der Waals surface area contributed by atoms with Crippen molar-refractivity contribution in [3.05, 3.63) is 30.3 Å². The van der Waals surface area contributed by atoms with Crippen LogP contribution in [0, 0.1) is 0 Å². The summed E-state index contributed by atoms with van der Waals surface area (Å²) in [6.07, 6.45) is 20.2. The molecule has 0 aliphatic carbocycles. The summed E-state index contributed by atoms with van der Waals surface area (Å²) in [6, 6.07) is 9.33. The number of hydrogen-bond donors (Lipinski definition) is 3. The molecule has 0 saturated heterocycles. The molecule has 0 aliphatic rings. The molecule has 0 radical (unpaired) electrons. The predicted octanol–water partition coefficient (Wildman–Crippen LogP) is 6.92. The lowest BCUT2D eigenvalue weighted by atomic mass is 10.0. The summed E-state index contributed by atoms with van der Waals surface area (Å²) < 4.78 is 0. The molecule has 1 rings (SSSR count). The highest BCUT2D eigenvalue weighted by molar-refractivity contribution is 5.78. The summed E-state index contributed by atoms with van der Waals surface area (Å²) in [5, 5.41) is 8.52. The Bertz CT molecular complexity index is 528. The summed E-state index contributed by atoms with van der Waals surface area (Å²) in [4.78, 5) is 14.2. The number of unbranched alkanes of at least 4 members (excludes halogenated alkanes) is 14.